The van der Waals surface area contributed by atoms with E-state index in [1.807, 2.05) is 30.3 Å². The van der Waals surface area contributed by atoms with Crippen LogP contribution < -0.4 is 16.2 Å². The van der Waals surface area contributed by atoms with E-state index in [0.717, 1.165) is 17.3 Å². The van der Waals surface area contributed by atoms with Crippen LogP contribution in [0.15, 0.2) is 58.5 Å². The maximum Gasteiger partial charge on any atom is 0.337 e. The summed E-state index contributed by atoms with van der Waals surface area (Å²) < 4.78 is 11.1. The molecular formula is C24H26N4O6S. The summed E-state index contributed by atoms with van der Waals surface area (Å²) in [7, 11) is 2.77. The van der Waals surface area contributed by atoms with Crippen molar-refractivity contribution in [3.8, 4) is 0 Å². The van der Waals surface area contributed by atoms with Gasteiger partial charge in [0.25, 0.3) is 5.56 Å². The van der Waals surface area contributed by atoms with Gasteiger partial charge in [0, 0.05) is 20.2 Å². The van der Waals surface area contributed by atoms with Gasteiger partial charge >= 0.3 is 12.0 Å². The Morgan fingerprint density at radius 3 is 2.57 bits per heavy atom. The van der Waals surface area contributed by atoms with Crippen LogP contribution in [0.2, 0.25) is 0 Å². The van der Waals surface area contributed by atoms with Crippen LogP contribution in [0.25, 0.3) is 10.9 Å². The minimum Gasteiger partial charge on any atom is -0.465 e. The number of aryl methyl sites for hydroxylation is 1. The number of imide groups is 1. The molecule has 3 rings (SSSR count). The number of ether oxygens (including phenoxy) is 2. The number of aromatic nitrogens is 2. The van der Waals surface area contributed by atoms with E-state index >= 15 is 0 Å². The highest BCUT2D eigenvalue weighted by Gasteiger charge is 2.16. The zero-order chi connectivity index (χ0) is 25.2. The largest absolute Gasteiger partial charge is 0.465 e. The number of amides is 3. The maximum atomic E-state index is 13.3. The highest BCUT2D eigenvalue weighted by Crippen LogP contribution is 2.20. The molecule has 0 fully saturated rings. The Balaban J connectivity index is 1.85. The second-order valence-corrected chi connectivity index (χ2v) is 8.34. The first-order valence-corrected chi connectivity index (χ1v) is 11.8. The molecule has 0 saturated heterocycles. The van der Waals surface area contributed by atoms with Crippen LogP contribution in [0.4, 0.5) is 4.79 Å². The molecule has 184 valence electrons. The second kappa shape index (κ2) is 12.7. The minimum atomic E-state index is -0.636. The second-order valence-electron chi connectivity index (χ2n) is 7.40. The number of nitrogens with one attached hydrogen (secondary N) is 2. The Labute approximate surface area is 206 Å². The number of fused-ring (bicyclic) bond motifs is 1. The summed E-state index contributed by atoms with van der Waals surface area (Å²) in [5.41, 5.74) is 1.33. The predicted octanol–water partition coefficient (Wildman–Crippen LogP) is 1.99. The molecule has 0 radical (unpaired) electrons. The number of benzene rings is 2. The minimum absolute atomic E-state index is 0.141. The summed E-state index contributed by atoms with van der Waals surface area (Å²) in [5, 5.41) is 5.37. The molecule has 1 heterocycles. The van der Waals surface area contributed by atoms with Gasteiger partial charge in [0.15, 0.2) is 5.16 Å². The van der Waals surface area contributed by atoms with E-state index in [2.05, 4.69) is 15.6 Å². The van der Waals surface area contributed by atoms with E-state index < -0.39 is 17.9 Å². The normalized spacial score (nSPS) is 10.7. The first-order chi connectivity index (χ1) is 16.9. The number of carbonyl (C=O) groups excluding carboxylic acids is 3. The number of methoxy groups -OCH3 is 2. The molecular weight excluding hydrogens is 472 g/mol. The third kappa shape index (κ3) is 7.14. The van der Waals surface area contributed by atoms with Crippen molar-refractivity contribution in [3.63, 3.8) is 0 Å². The molecule has 0 bridgehead atoms. The molecule has 2 aromatic carbocycles. The zero-order valence-corrected chi connectivity index (χ0v) is 20.2. The number of thioether (sulfide) groups is 1. The molecule has 11 heteroatoms. The van der Waals surface area contributed by atoms with Crippen molar-refractivity contribution in [2.75, 3.05) is 33.1 Å². The number of rotatable bonds is 10. The molecule has 0 atom stereocenters. The number of nitrogens with zero attached hydrogens (tertiary/aromatic N) is 2. The third-order valence-corrected chi connectivity index (χ3v) is 5.96. The summed E-state index contributed by atoms with van der Waals surface area (Å²) >= 11 is 1.03. The summed E-state index contributed by atoms with van der Waals surface area (Å²) in [4.78, 5) is 53.9. The fourth-order valence-corrected chi connectivity index (χ4v) is 4.07. The van der Waals surface area contributed by atoms with Gasteiger partial charge in [0.1, 0.15) is 0 Å². The van der Waals surface area contributed by atoms with Gasteiger partial charge in [-0.25, -0.2) is 14.6 Å². The van der Waals surface area contributed by atoms with Gasteiger partial charge in [-0.05, 0) is 30.2 Å². The van der Waals surface area contributed by atoms with E-state index in [1.54, 1.807) is 6.07 Å². The summed E-state index contributed by atoms with van der Waals surface area (Å²) in [6.07, 6.45) is 0.579. The van der Waals surface area contributed by atoms with Crippen molar-refractivity contribution in [1.82, 2.24) is 20.2 Å². The predicted molar refractivity (Wildman–Crippen MR) is 132 cm³/mol. The lowest BCUT2D eigenvalue weighted by Crippen LogP contribution is -2.41. The van der Waals surface area contributed by atoms with E-state index in [9.17, 15) is 19.2 Å². The zero-order valence-electron chi connectivity index (χ0n) is 19.4. The number of esters is 1. The summed E-state index contributed by atoms with van der Waals surface area (Å²) in [6, 6.07) is 13.6. The van der Waals surface area contributed by atoms with Crippen molar-refractivity contribution in [2.24, 2.45) is 0 Å². The van der Waals surface area contributed by atoms with E-state index in [-0.39, 0.29) is 23.4 Å². The van der Waals surface area contributed by atoms with Crippen molar-refractivity contribution >= 4 is 40.6 Å². The molecule has 0 saturated carbocycles. The summed E-state index contributed by atoms with van der Waals surface area (Å²) in [6.45, 7) is 0.918. The van der Waals surface area contributed by atoms with Gasteiger partial charge in [-0.3, -0.25) is 19.5 Å². The van der Waals surface area contributed by atoms with E-state index in [1.165, 1.54) is 30.9 Å². The fourth-order valence-electron chi connectivity index (χ4n) is 3.24. The SMILES string of the molecule is COCCNC(=O)NC(=O)CSc1nc2cc(C(=O)OC)ccc2c(=O)n1CCc1ccccc1. The number of hydrogen-bond donors (Lipinski definition) is 2. The Hall–Kier alpha value is -3.70. The van der Waals surface area contributed by atoms with Crippen LogP contribution in [0.1, 0.15) is 15.9 Å². The molecule has 35 heavy (non-hydrogen) atoms. The van der Waals surface area contributed by atoms with Crippen molar-refractivity contribution in [2.45, 2.75) is 18.1 Å². The molecule has 0 aliphatic heterocycles. The molecule has 10 nitrogen and oxygen atoms in total. The lowest BCUT2D eigenvalue weighted by Gasteiger charge is -2.14. The number of carbonyl (C=O) groups is 3. The van der Waals surface area contributed by atoms with Crippen molar-refractivity contribution in [3.05, 3.63) is 70.0 Å². The number of hydrogen-bond acceptors (Lipinski definition) is 8. The van der Waals surface area contributed by atoms with Crippen LogP contribution in [0.5, 0.6) is 0 Å². The van der Waals surface area contributed by atoms with Gasteiger partial charge in [-0.15, -0.1) is 0 Å². The lowest BCUT2D eigenvalue weighted by molar-refractivity contribution is -0.117. The maximum absolute atomic E-state index is 13.3. The van der Waals surface area contributed by atoms with Crippen LogP contribution >= 0.6 is 11.8 Å². The van der Waals surface area contributed by atoms with Gasteiger partial charge in [-0.2, -0.15) is 0 Å². The van der Waals surface area contributed by atoms with Crippen LogP contribution in [0, 0.1) is 0 Å². The van der Waals surface area contributed by atoms with Crippen molar-refractivity contribution in [1.29, 1.82) is 0 Å². The monoisotopic (exact) mass is 498 g/mol. The van der Waals surface area contributed by atoms with E-state index in [4.69, 9.17) is 9.47 Å². The van der Waals surface area contributed by atoms with Crippen LogP contribution in [0.3, 0.4) is 0 Å². The average Bonchev–Trinajstić information content (AvgIpc) is 2.87. The topological polar surface area (TPSA) is 129 Å². The molecule has 0 aliphatic rings. The van der Waals surface area contributed by atoms with Crippen molar-refractivity contribution < 1.29 is 23.9 Å². The Morgan fingerprint density at radius 2 is 1.86 bits per heavy atom. The smallest absolute Gasteiger partial charge is 0.337 e. The first kappa shape index (κ1) is 25.9. The lowest BCUT2D eigenvalue weighted by atomic mass is 10.1. The van der Waals surface area contributed by atoms with Crippen LogP contribution in [-0.2, 0) is 27.2 Å². The molecule has 0 unspecified atom stereocenters. The van der Waals surface area contributed by atoms with Gasteiger partial charge < -0.3 is 14.8 Å². The molecule has 3 aromatic rings. The molecule has 2 N–H and O–H groups in total. The van der Waals surface area contributed by atoms with Gasteiger partial charge in [0.2, 0.25) is 5.91 Å². The van der Waals surface area contributed by atoms with Gasteiger partial charge in [0.05, 0.1) is 35.9 Å². The highest BCUT2D eigenvalue weighted by atomic mass is 32.2. The van der Waals surface area contributed by atoms with Crippen LogP contribution in [-0.4, -0.2) is 60.6 Å². The molecule has 0 spiro atoms. The highest BCUT2D eigenvalue weighted by molar-refractivity contribution is 7.99. The van der Waals surface area contributed by atoms with Gasteiger partial charge in [-0.1, -0.05) is 42.1 Å². The molecule has 3 amide bonds. The fraction of sp³-hybridized carbons (Fsp3) is 0.292. The van der Waals surface area contributed by atoms with E-state index in [0.29, 0.717) is 35.6 Å². The third-order valence-electron chi connectivity index (χ3n) is 4.99. The first-order valence-electron chi connectivity index (χ1n) is 10.8. The Morgan fingerprint density at radius 1 is 1.09 bits per heavy atom. The average molecular weight is 499 g/mol. The quantitative estimate of drug-likeness (QED) is 0.188. The summed E-state index contributed by atoms with van der Waals surface area (Å²) in [5.74, 6) is -1.23. The molecule has 0 aliphatic carbocycles. The molecule has 1 aromatic heterocycles. The Bertz CT molecular complexity index is 1260. The Kier molecular flexibility index (Phi) is 9.39. The number of urea groups is 1. The standard InChI is InChI=1S/C24H26N4O6S/c1-33-13-11-25-23(32)27-20(29)15-35-24-26-19-14-17(22(31)34-2)8-9-18(19)21(30)28(24)12-10-16-6-4-3-5-7-16/h3-9,14H,10-13,15H2,1-2H3,(H2,25,27,29,32).